The van der Waals surface area contributed by atoms with Crippen molar-refractivity contribution in [2.75, 3.05) is 19.6 Å². The maximum Gasteiger partial charge on any atom is 0.223 e. The van der Waals surface area contributed by atoms with Crippen molar-refractivity contribution >= 4 is 5.91 Å². The molecule has 2 aromatic rings. The van der Waals surface area contributed by atoms with E-state index in [-0.39, 0.29) is 11.8 Å². The quantitative estimate of drug-likeness (QED) is 0.791. The van der Waals surface area contributed by atoms with Crippen molar-refractivity contribution in [3.63, 3.8) is 0 Å². The zero-order valence-electron chi connectivity index (χ0n) is 15.7. The minimum atomic E-state index is 0.137. The number of carbonyl (C=O) groups excluding carboxylic acids is 1. The Balaban J connectivity index is 1.23. The van der Waals surface area contributed by atoms with Crippen molar-refractivity contribution in [2.45, 2.75) is 31.8 Å². The Morgan fingerprint density at radius 2 is 1.93 bits per heavy atom. The molecule has 2 N–H and O–H groups in total. The minimum absolute atomic E-state index is 0.137. The highest BCUT2D eigenvalue weighted by Crippen LogP contribution is 2.47. The zero-order valence-corrected chi connectivity index (χ0v) is 15.7. The summed E-state index contributed by atoms with van der Waals surface area (Å²) in [5.41, 5.74) is 2.40. The van der Waals surface area contributed by atoms with Gasteiger partial charge in [0.1, 0.15) is 12.4 Å². The first-order valence-corrected chi connectivity index (χ1v) is 10.0. The molecule has 1 aliphatic carbocycles. The summed E-state index contributed by atoms with van der Waals surface area (Å²) in [5, 5.41) is 6.56. The van der Waals surface area contributed by atoms with Gasteiger partial charge in [-0.2, -0.15) is 0 Å². The van der Waals surface area contributed by atoms with E-state index in [1.54, 1.807) is 0 Å². The summed E-state index contributed by atoms with van der Waals surface area (Å²) in [7, 11) is 0. The average molecular weight is 364 g/mol. The molecule has 1 saturated carbocycles. The van der Waals surface area contributed by atoms with Crippen molar-refractivity contribution in [2.24, 2.45) is 11.8 Å². The van der Waals surface area contributed by atoms with Crippen LogP contribution in [0.2, 0.25) is 0 Å². The number of nitrogens with one attached hydrogen (secondary N) is 2. The van der Waals surface area contributed by atoms with Gasteiger partial charge in [0.25, 0.3) is 0 Å². The number of ether oxygens (including phenoxy) is 1. The lowest BCUT2D eigenvalue weighted by atomic mass is 9.99. The topological polar surface area (TPSA) is 50.4 Å². The van der Waals surface area contributed by atoms with Crippen molar-refractivity contribution in [3.8, 4) is 5.75 Å². The van der Waals surface area contributed by atoms with Gasteiger partial charge in [-0.25, -0.2) is 0 Å². The highest BCUT2D eigenvalue weighted by atomic mass is 16.5. The average Bonchev–Trinajstić information content (AvgIpc) is 3.53. The van der Waals surface area contributed by atoms with E-state index >= 15 is 0 Å². The van der Waals surface area contributed by atoms with Gasteiger partial charge >= 0.3 is 0 Å². The van der Waals surface area contributed by atoms with Gasteiger partial charge in [0.15, 0.2) is 0 Å². The number of hydrogen-bond donors (Lipinski definition) is 2. The Morgan fingerprint density at radius 1 is 1.11 bits per heavy atom. The molecular formula is C23H28N2O2. The first-order chi connectivity index (χ1) is 13.3. The predicted molar refractivity (Wildman–Crippen MR) is 107 cm³/mol. The number of carbonyl (C=O) groups is 1. The van der Waals surface area contributed by atoms with Gasteiger partial charge in [0.05, 0.1) is 0 Å². The number of benzene rings is 2. The first-order valence-electron chi connectivity index (χ1n) is 10.0. The Morgan fingerprint density at radius 3 is 2.67 bits per heavy atom. The first kappa shape index (κ1) is 18.1. The lowest BCUT2D eigenvalue weighted by Crippen LogP contribution is -2.38. The van der Waals surface area contributed by atoms with Crippen LogP contribution in [0.25, 0.3) is 0 Å². The van der Waals surface area contributed by atoms with Crippen molar-refractivity contribution in [3.05, 3.63) is 65.7 Å². The lowest BCUT2D eigenvalue weighted by molar-refractivity contribution is -0.122. The van der Waals surface area contributed by atoms with E-state index in [1.165, 1.54) is 18.4 Å². The van der Waals surface area contributed by atoms with Gasteiger partial charge in [-0.1, -0.05) is 42.5 Å². The molecule has 4 rings (SSSR count). The van der Waals surface area contributed by atoms with Crippen LogP contribution in [0.1, 0.15) is 36.3 Å². The molecule has 2 aromatic carbocycles. The molecule has 0 radical (unpaired) electrons. The number of amides is 1. The molecule has 1 heterocycles. The van der Waals surface area contributed by atoms with Crippen LogP contribution >= 0.6 is 0 Å². The van der Waals surface area contributed by atoms with Crippen LogP contribution < -0.4 is 15.4 Å². The standard InChI is InChI=1S/C23H28N2O2/c26-23(25-15-18-7-4-12-24-14-18)22-13-21(22)19-8-10-20(11-9-19)27-16-17-5-2-1-3-6-17/h1-3,5-6,8-11,18,21-22,24H,4,7,12-16H2,(H,25,26). The molecule has 4 heteroatoms. The van der Waals surface area contributed by atoms with E-state index < -0.39 is 0 Å². The van der Waals surface area contributed by atoms with Crippen molar-refractivity contribution in [1.82, 2.24) is 10.6 Å². The molecule has 3 unspecified atom stereocenters. The molecule has 2 aliphatic rings. The fourth-order valence-corrected chi connectivity index (χ4v) is 3.88. The third-order valence-corrected chi connectivity index (χ3v) is 5.65. The summed E-state index contributed by atoms with van der Waals surface area (Å²) >= 11 is 0. The summed E-state index contributed by atoms with van der Waals surface area (Å²) in [4.78, 5) is 12.4. The fraction of sp³-hybridized carbons (Fsp3) is 0.435. The second-order valence-electron chi connectivity index (χ2n) is 7.75. The van der Waals surface area contributed by atoms with E-state index in [0.717, 1.165) is 37.4 Å². The molecule has 0 aromatic heterocycles. The van der Waals surface area contributed by atoms with Crippen LogP contribution in [-0.4, -0.2) is 25.5 Å². The molecule has 2 fully saturated rings. The molecule has 0 spiro atoms. The number of piperidine rings is 1. The monoisotopic (exact) mass is 364 g/mol. The van der Waals surface area contributed by atoms with Gasteiger partial charge < -0.3 is 15.4 Å². The second-order valence-corrected chi connectivity index (χ2v) is 7.75. The number of rotatable bonds is 7. The molecule has 0 bridgehead atoms. The van der Waals surface area contributed by atoms with Gasteiger partial charge in [0.2, 0.25) is 5.91 Å². The minimum Gasteiger partial charge on any atom is -0.489 e. The summed E-state index contributed by atoms with van der Waals surface area (Å²) < 4.78 is 5.84. The van der Waals surface area contributed by atoms with Crippen LogP contribution in [0.3, 0.4) is 0 Å². The maximum atomic E-state index is 12.4. The highest BCUT2D eigenvalue weighted by molar-refractivity contribution is 5.82. The summed E-state index contributed by atoms with van der Waals surface area (Å²) in [5.74, 6) is 2.17. The Hall–Kier alpha value is -2.33. The van der Waals surface area contributed by atoms with Crippen LogP contribution in [0.5, 0.6) is 5.75 Å². The molecule has 3 atom stereocenters. The van der Waals surface area contributed by atoms with Crippen LogP contribution in [0, 0.1) is 11.8 Å². The fourth-order valence-electron chi connectivity index (χ4n) is 3.88. The molecular weight excluding hydrogens is 336 g/mol. The predicted octanol–water partition coefficient (Wildman–Crippen LogP) is 3.48. The van der Waals surface area contributed by atoms with Crippen LogP contribution in [-0.2, 0) is 11.4 Å². The molecule has 1 amide bonds. The normalized spacial score (nSPS) is 24.2. The lowest BCUT2D eigenvalue weighted by Gasteiger charge is -2.22. The van der Waals surface area contributed by atoms with Crippen molar-refractivity contribution < 1.29 is 9.53 Å². The third-order valence-electron chi connectivity index (χ3n) is 5.65. The van der Waals surface area contributed by atoms with Gasteiger partial charge in [-0.15, -0.1) is 0 Å². The summed E-state index contributed by atoms with van der Waals surface area (Å²) in [6.07, 6.45) is 3.38. The number of hydrogen-bond acceptors (Lipinski definition) is 3. The zero-order chi connectivity index (χ0) is 18.5. The van der Waals surface area contributed by atoms with E-state index in [4.69, 9.17) is 4.74 Å². The van der Waals surface area contributed by atoms with E-state index in [0.29, 0.717) is 18.4 Å². The van der Waals surface area contributed by atoms with Crippen LogP contribution in [0.15, 0.2) is 54.6 Å². The smallest absolute Gasteiger partial charge is 0.223 e. The van der Waals surface area contributed by atoms with Gasteiger partial charge in [-0.3, -0.25) is 4.79 Å². The van der Waals surface area contributed by atoms with E-state index in [9.17, 15) is 4.79 Å². The largest absolute Gasteiger partial charge is 0.489 e. The SMILES string of the molecule is O=C(NCC1CCCNC1)C1CC1c1ccc(OCc2ccccc2)cc1. The van der Waals surface area contributed by atoms with Crippen LogP contribution in [0.4, 0.5) is 0 Å². The third kappa shape index (κ3) is 4.89. The molecule has 1 aliphatic heterocycles. The molecule has 4 nitrogen and oxygen atoms in total. The Labute approximate surface area is 161 Å². The molecule has 1 saturated heterocycles. The Kier molecular flexibility index (Phi) is 5.73. The Bertz CT molecular complexity index is 739. The van der Waals surface area contributed by atoms with E-state index in [2.05, 4.69) is 34.9 Å². The summed E-state index contributed by atoms with van der Waals surface area (Å²) in [6, 6.07) is 18.4. The summed E-state index contributed by atoms with van der Waals surface area (Å²) in [6.45, 7) is 3.52. The maximum absolute atomic E-state index is 12.4. The van der Waals surface area contributed by atoms with Crippen molar-refractivity contribution in [1.29, 1.82) is 0 Å². The highest BCUT2D eigenvalue weighted by Gasteiger charge is 2.43. The van der Waals surface area contributed by atoms with E-state index in [1.807, 2.05) is 30.3 Å². The second kappa shape index (κ2) is 8.57. The molecule has 27 heavy (non-hydrogen) atoms. The van der Waals surface area contributed by atoms with Gasteiger partial charge in [-0.05, 0) is 67.4 Å². The van der Waals surface area contributed by atoms with Gasteiger partial charge in [0, 0.05) is 12.5 Å². The molecule has 142 valence electrons.